The molecule has 2 amide bonds. The Bertz CT molecular complexity index is 529. The number of nitrogens with one attached hydrogen (secondary N) is 2. The van der Waals surface area contributed by atoms with Crippen LogP contribution in [0.4, 0.5) is 0 Å². The van der Waals surface area contributed by atoms with E-state index in [1.807, 2.05) is 31.2 Å². The minimum Gasteiger partial charge on any atom is -0.356 e. The molecule has 0 heterocycles. The lowest BCUT2D eigenvalue weighted by Gasteiger charge is -2.14. The van der Waals surface area contributed by atoms with Gasteiger partial charge in [0.1, 0.15) is 0 Å². The van der Waals surface area contributed by atoms with E-state index in [1.54, 1.807) is 0 Å². The first-order valence-electron chi connectivity index (χ1n) is 7.86. The summed E-state index contributed by atoms with van der Waals surface area (Å²) < 4.78 is 0. The SMILES string of the molecule is C[C@@H](Cc1cccc(Cl)c1)NC(=O)CCCNC(=O)C1CC1. The normalized spacial score (nSPS) is 15.2. The van der Waals surface area contributed by atoms with Gasteiger partial charge in [0.15, 0.2) is 0 Å². The maximum atomic E-state index is 11.9. The first kappa shape index (κ1) is 16.8. The number of carbonyl (C=O) groups is 2. The highest BCUT2D eigenvalue weighted by Crippen LogP contribution is 2.28. The molecule has 2 N–H and O–H groups in total. The second-order valence-electron chi connectivity index (χ2n) is 5.97. The largest absolute Gasteiger partial charge is 0.356 e. The smallest absolute Gasteiger partial charge is 0.223 e. The number of hydrogen-bond acceptors (Lipinski definition) is 2. The summed E-state index contributed by atoms with van der Waals surface area (Å²) >= 11 is 5.95. The second kappa shape index (κ2) is 8.18. The zero-order valence-electron chi connectivity index (χ0n) is 12.9. The highest BCUT2D eigenvalue weighted by Gasteiger charge is 2.28. The van der Waals surface area contributed by atoms with Crippen LogP contribution >= 0.6 is 11.6 Å². The summed E-state index contributed by atoms with van der Waals surface area (Å²) in [4.78, 5) is 23.3. The molecule has 0 aliphatic heterocycles. The molecule has 1 atom stereocenters. The van der Waals surface area contributed by atoms with Crippen LogP contribution in [0.1, 0.15) is 38.2 Å². The van der Waals surface area contributed by atoms with Crippen LogP contribution < -0.4 is 10.6 Å². The molecule has 1 aromatic carbocycles. The Labute approximate surface area is 136 Å². The van der Waals surface area contributed by atoms with E-state index in [1.165, 1.54) is 0 Å². The highest BCUT2D eigenvalue weighted by atomic mass is 35.5. The Morgan fingerprint density at radius 2 is 2.14 bits per heavy atom. The number of hydrogen-bond donors (Lipinski definition) is 2. The molecule has 4 nitrogen and oxygen atoms in total. The van der Waals surface area contributed by atoms with Crippen molar-refractivity contribution in [1.82, 2.24) is 10.6 Å². The van der Waals surface area contributed by atoms with Gasteiger partial charge in [-0.1, -0.05) is 23.7 Å². The molecular formula is C17H23ClN2O2. The topological polar surface area (TPSA) is 58.2 Å². The van der Waals surface area contributed by atoms with Crippen molar-refractivity contribution in [2.45, 2.75) is 45.1 Å². The maximum absolute atomic E-state index is 11.9. The van der Waals surface area contributed by atoms with E-state index >= 15 is 0 Å². The van der Waals surface area contributed by atoms with Crippen molar-refractivity contribution >= 4 is 23.4 Å². The van der Waals surface area contributed by atoms with Crippen molar-refractivity contribution in [2.24, 2.45) is 5.92 Å². The van der Waals surface area contributed by atoms with Gasteiger partial charge in [-0.2, -0.15) is 0 Å². The molecule has 1 aliphatic carbocycles. The van der Waals surface area contributed by atoms with Gasteiger partial charge in [-0.3, -0.25) is 9.59 Å². The Morgan fingerprint density at radius 3 is 2.82 bits per heavy atom. The van der Waals surface area contributed by atoms with Crippen LogP contribution in [0.25, 0.3) is 0 Å². The third kappa shape index (κ3) is 6.06. The average Bonchev–Trinajstić information content (AvgIpc) is 3.27. The lowest BCUT2D eigenvalue weighted by molar-refractivity contribution is -0.123. The Morgan fingerprint density at radius 1 is 1.36 bits per heavy atom. The number of carbonyl (C=O) groups excluding carboxylic acids is 2. The van der Waals surface area contributed by atoms with Gasteiger partial charge >= 0.3 is 0 Å². The van der Waals surface area contributed by atoms with Crippen LogP contribution in [0.3, 0.4) is 0 Å². The molecule has 1 saturated carbocycles. The Balaban J connectivity index is 1.60. The summed E-state index contributed by atoms with van der Waals surface area (Å²) in [6.45, 7) is 2.55. The van der Waals surface area contributed by atoms with Crippen molar-refractivity contribution in [2.75, 3.05) is 6.54 Å². The minimum absolute atomic E-state index is 0.0233. The number of halogens is 1. The highest BCUT2D eigenvalue weighted by molar-refractivity contribution is 6.30. The summed E-state index contributed by atoms with van der Waals surface area (Å²) in [6, 6.07) is 7.73. The van der Waals surface area contributed by atoms with E-state index in [-0.39, 0.29) is 23.8 Å². The standard InChI is InChI=1S/C17H23ClN2O2/c1-12(10-13-4-2-5-15(18)11-13)20-16(21)6-3-9-19-17(22)14-7-8-14/h2,4-5,11-12,14H,3,6-10H2,1H3,(H,19,22)(H,20,21)/t12-/m0/s1. The molecule has 1 fully saturated rings. The third-order valence-corrected chi connectivity index (χ3v) is 3.90. The molecule has 0 aromatic heterocycles. The molecule has 0 spiro atoms. The van der Waals surface area contributed by atoms with E-state index in [0.717, 1.165) is 24.8 Å². The molecule has 0 radical (unpaired) electrons. The molecule has 1 aromatic rings. The van der Waals surface area contributed by atoms with E-state index in [2.05, 4.69) is 10.6 Å². The van der Waals surface area contributed by atoms with Gasteiger partial charge in [0.2, 0.25) is 11.8 Å². The summed E-state index contributed by atoms with van der Waals surface area (Å²) in [5, 5.41) is 6.55. The first-order chi connectivity index (χ1) is 10.5. The third-order valence-electron chi connectivity index (χ3n) is 3.67. The van der Waals surface area contributed by atoms with Crippen LogP contribution in [0.5, 0.6) is 0 Å². The number of rotatable bonds is 8. The molecule has 120 valence electrons. The summed E-state index contributed by atoms with van der Waals surface area (Å²) in [5.41, 5.74) is 1.11. The fourth-order valence-electron chi connectivity index (χ4n) is 2.37. The quantitative estimate of drug-likeness (QED) is 0.723. The zero-order valence-corrected chi connectivity index (χ0v) is 13.7. The zero-order chi connectivity index (χ0) is 15.9. The van der Waals surface area contributed by atoms with Gasteiger partial charge in [-0.05, 0) is 50.3 Å². The summed E-state index contributed by atoms with van der Waals surface area (Å²) in [5.74, 6) is 0.386. The van der Waals surface area contributed by atoms with Crippen molar-refractivity contribution in [1.29, 1.82) is 0 Å². The van der Waals surface area contributed by atoms with Crippen LogP contribution in [0.2, 0.25) is 5.02 Å². The van der Waals surface area contributed by atoms with Crippen LogP contribution in [0, 0.1) is 5.92 Å². The molecule has 0 bridgehead atoms. The minimum atomic E-state index is 0.0233. The van der Waals surface area contributed by atoms with Crippen LogP contribution in [0.15, 0.2) is 24.3 Å². The number of amides is 2. The van der Waals surface area contributed by atoms with E-state index < -0.39 is 0 Å². The van der Waals surface area contributed by atoms with Gasteiger partial charge < -0.3 is 10.6 Å². The van der Waals surface area contributed by atoms with Gasteiger partial charge in [0.05, 0.1) is 0 Å². The predicted octanol–water partition coefficient (Wildman–Crippen LogP) is 2.69. The molecule has 0 saturated heterocycles. The fourth-order valence-corrected chi connectivity index (χ4v) is 2.58. The molecule has 22 heavy (non-hydrogen) atoms. The Kier molecular flexibility index (Phi) is 6.25. The number of benzene rings is 1. The van der Waals surface area contributed by atoms with E-state index in [4.69, 9.17) is 11.6 Å². The molecule has 5 heteroatoms. The molecular weight excluding hydrogens is 300 g/mol. The van der Waals surface area contributed by atoms with Crippen LogP contribution in [-0.2, 0) is 16.0 Å². The van der Waals surface area contributed by atoms with Crippen LogP contribution in [-0.4, -0.2) is 24.4 Å². The first-order valence-corrected chi connectivity index (χ1v) is 8.24. The van der Waals surface area contributed by atoms with E-state index in [9.17, 15) is 9.59 Å². The summed E-state index contributed by atoms with van der Waals surface area (Å²) in [6.07, 6.45) is 3.88. The van der Waals surface area contributed by atoms with Crippen molar-refractivity contribution in [3.8, 4) is 0 Å². The van der Waals surface area contributed by atoms with Gasteiger partial charge in [0.25, 0.3) is 0 Å². The van der Waals surface area contributed by atoms with Gasteiger partial charge in [0, 0.05) is 29.9 Å². The lowest BCUT2D eigenvalue weighted by Crippen LogP contribution is -2.34. The Hall–Kier alpha value is -1.55. The summed E-state index contributed by atoms with van der Waals surface area (Å²) in [7, 11) is 0. The average molecular weight is 323 g/mol. The molecule has 0 unspecified atom stereocenters. The lowest BCUT2D eigenvalue weighted by atomic mass is 10.1. The predicted molar refractivity (Wildman–Crippen MR) is 87.7 cm³/mol. The maximum Gasteiger partial charge on any atom is 0.223 e. The van der Waals surface area contributed by atoms with Crippen molar-refractivity contribution in [3.63, 3.8) is 0 Å². The van der Waals surface area contributed by atoms with Crippen molar-refractivity contribution in [3.05, 3.63) is 34.9 Å². The molecule has 1 aliphatic rings. The fraction of sp³-hybridized carbons (Fsp3) is 0.529. The van der Waals surface area contributed by atoms with E-state index in [0.29, 0.717) is 24.4 Å². The molecule has 2 rings (SSSR count). The van der Waals surface area contributed by atoms with Crippen molar-refractivity contribution < 1.29 is 9.59 Å². The second-order valence-corrected chi connectivity index (χ2v) is 6.41. The van der Waals surface area contributed by atoms with Gasteiger partial charge in [-0.15, -0.1) is 0 Å². The monoisotopic (exact) mass is 322 g/mol. The van der Waals surface area contributed by atoms with Gasteiger partial charge in [-0.25, -0.2) is 0 Å².